The molecule has 1 aliphatic rings. The summed E-state index contributed by atoms with van der Waals surface area (Å²) in [6, 6.07) is 0. The molecule has 1 N–H and O–H groups in total. The summed E-state index contributed by atoms with van der Waals surface area (Å²) in [5.41, 5.74) is 0. The van der Waals surface area contributed by atoms with Crippen molar-refractivity contribution in [1.82, 2.24) is 0 Å². The quantitative estimate of drug-likeness (QED) is 0.678. The van der Waals surface area contributed by atoms with E-state index < -0.39 is 11.9 Å². The highest BCUT2D eigenvalue weighted by Gasteiger charge is 2.42. The van der Waals surface area contributed by atoms with Gasteiger partial charge in [-0.1, -0.05) is 13.0 Å². The van der Waals surface area contributed by atoms with Gasteiger partial charge in [0, 0.05) is 0 Å². The molecule has 1 rings (SSSR count). The SMILES string of the molecule is C=C[C@@H]1OC(C)(C)O[C@@H]1[C@H](O)CC. The molecule has 1 heterocycles. The maximum absolute atomic E-state index is 9.64. The highest BCUT2D eigenvalue weighted by molar-refractivity contribution is 4.95. The number of rotatable bonds is 3. The Balaban J connectivity index is 2.68. The summed E-state index contributed by atoms with van der Waals surface area (Å²) in [4.78, 5) is 0. The lowest BCUT2D eigenvalue weighted by Gasteiger charge is -2.19. The van der Waals surface area contributed by atoms with E-state index in [0.717, 1.165) is 0 Å². The van der Waals surface area contributed by atoms with Crippen LogP contribution in [0.3, 0.4) is 0 Å². The summed E-state index contributed by atoms with van der Waals surface area (Å²) < 4.78 is 11.1. The normalized spacial score (nSPS) is 34.5. The van der Waals surface area contributed by atoms with E-state index in [1.807, 2.05) is 20.8 Å². The largest absolute Gasteiger partial charge is 0.390 e. The molecule has 0 aromatic heterocycles. The molecular formula is C10H18O3. The standard InChI is InChI=1S/C10H18O3/c1-5-7(11)9-8(6-2)12-10(3,4)13-9/h6-9,11H,2,5H2,1,3-4H3/t7-,8+,9-/m1/s1. The van der Waals surface area contributed by atoms with Crippen molar-refractivity contribution in [2.45, 2.75) is 51.3 Å². The van der Waals surface area contributed by atoms with Crippen LogP contribution in [0.4, 0.5) is 0 Å². The third-order valence-corrected chi connectivity index (χ3v) is 2.19. The van der Waals surface area contributed by atoms with Crippen LogP contribution in [-0.2, 0) is 9.47 Å². The molecule has 1 saturated heterocycles. The zero-order valence-electron chi connectivity index (χ0n) is 8.49. The van der Waals surface area contributed by atoms with E-state index in [0.29, 0.717) is 6.42 Å². The predicted octanol–water partition coefficient (Wildman–Crippen LogP) is 1.46. The van der Waals surface area contributed by atoms with Crippen LogP contribution in [-0.4, -0.2) is 29.2 Å². The maximum atomic E-state index is 9.64. The van der Waals surface area contributed by atoms with E-state index in [-0.39, 0.29) is 12.2 Å². The van der Waals surface area contributed by atoms with Crippen LogP contribution in [0.5, 0.6) is 0 Å². The van der Waals surface area contributed by atoms with E-state index in [4.69, 9.17) is 9.47 Å². The Morgan fingerprint density at radius 2 is 2.15 bits per heavy atom. The molecule has 13 heavy (non-hydrogen) atoms. The molecule has 0 bridgehead atoms. The molecule has 0 aliphatic carbocycles. The summed E-state index contributed by atoms with van der Waals surface area (Å²) in [5, 5.41) is 9.64. The number of aliphatic hydroxyl groups excluding tert-OH is 1. The van der Waals surface area contributed by atoms with Crippen LogP contribution >= 0.6 is 0 Å². The van der Waals surface area contributed by atoms with Crippen LogP contribution in [0, 0.1) is 0 Å². The number of hydrogen-bond acceptors (Lipinski definition) is 3. The Labute approximate surface area is 79.3 Å². The Kier molecular flexibility index (Phi) is 3.11. The van der Waals surface area contributed by atoms with Crippen LogP contribution < -0.4 is 0 Å². The second kappa shape index (κ2) is 3.78. The van der Waals surface area contributed by atoms with Gasteiger partial charge in [-0.05, 0) is 20.3 Å². The minimum Gasteiger partial charge on any atom is -0.390 e. The lowest BCUT2D eigenvalue weighted by molar-refractivity contribution is -0.153. The molecule has 0 saturated carbocycles. The molecule has 1 aliphatic heterocycles. The topological polar surface area (TPSA) is 38.7 Å². The second-order valence-corrected chi connectivity index (χ2v) is 3.78. The molecule has 3 nitrogen and oxygen atoms in total. The molecule has 0 radical (unpaired) electrons. The lowest BCUT2D eigenvalue weighted by atomic mass is 10.1. The van der Waals surface area contributed by atoms with Gasteiger partial charge in [-0.3, -0.25) is 0 Å². The maximum Gasteiger partial charge on any atom is 0.164 e. The Morgan fingerprint density at radius 1 is 1.54 bits per heavy atom. The molecule has 0 spiro atoms. The summed E-state index contributed by atoms with van der Waals surface area (Å²) in [6.07, 6.45) is 1.37. The van der Waals surface area contributed by atoms with Gasteiger partial charge in [0.2, 0.25) is 0 Å². The first-order valence-corrected chi connectivity index (χ1v) is 4.66. The Hall–Kier alpha value is -0.380. The van der Waals surface area contributed by atoms with Crippen LogP contribution in [0.15, 0.2) is 12.7 Å². The van der Waals surface area contributed by atoms with Gasteiger partial charge in [0.1, 0.15) is 12.2 Å². The highest BCUT2D eigenvalue weighted by Crippen LogP contribution is 2.31. The van der Waals surface area contributed by atoms with E-state index in [1.54, 1.807) is 6.08 Å². The van der Waals surface area contributed by atoms with Crippen LogP contribution in [0.25, 0.3) is 0 Å². The first-order valence-electron chi connectivity index (χ1n) is 4.66. The molecule has 0 aromatic carbocycles. The molecule has 1 fully saturated rings. The van der Waals surface area contributed by atoms with Crippen LogP contribution in [0.2, 0.25) is 0 Å². The summed E-state index contributed by atoms with van der Waals surface area (Å²) >= 11 is 0. The molecule has 0 unspecified atom stereocenters. The Bertz CT molecular complexity index is 189. The van der Waals surface area contributed by atoms with Gasteiger partial charge in [0.05, 0.1) is 6.10 Å². The number of aliphatic hydroxyl groups is 1. The second-order valence-electron chi connectivity index (χ2n) is 3.78. The van der Waals surface area contributed by atoms with Gasteiger partial charge in [0.15, 0.2) is 5.79 Å². The van der Waals surface area contributed by atoms with Gasteiger partial charge in [-0.15, -0.1) is 6.58 Å². The van der Waals surface area contributed by atoms with Crippen molar-refractivity contribution in [1.29, 1.82) is 0 Å². The first kappa shape index (κ1) is 10.7. The van der Waals surface area contributed by atoms with E-state index in [9.17, 15) is 5.11 Å². The molecule has 0 amide bonds. The molecule has 0 aromatic rings. The van der Waals surface area contributed by atoms with Crippen molar-refractivity contribution >= 4 is 0 Å². The van der Waals surface area contributed by atoms with E-state index in [2.05, 4.69) is 6.58 Å². The fourth-order valence-electron chi connectivity index (χ4n) is 1.53. The molecule has 76 valence electrons. The lowest BCUT2D eigenvalue weighted by Crippen LogP contribution is -2.33. The minimum atomic E-state index is -0.611. The van der Waals surface area contributed by atoms with Gasteiger partial charge in [0.25, 0.3) is 0 Å². The van der Waals surface area contributed by atoms with Gasteiger partial charge >= 0.3 is 0 Å². The first-order chi connectivity index (χ1) is 6.00. The van der Waals surface area contributed by atoms with Crippen molar-refractivity contribution in [2.75, 3.05) is 0 Å². The zero-order chi connectivity index (χ0) is 10.1. The van der Waals surface area contributed by atoms with Gasteiger partial charge in [-0.2, -0.15) is 0 Å². The predicted molar refractivity (Wildman–Crippen MR) is 50.3 cm³/mol. The van der Waals surface area contributed by atoms with Gasteiger partial charge < -0.3 is 14.6 Å². The highest BCUT2D eigenvalue weighted by atomic mass is 16.8. The molecule has 3 heteroatoms. The summed E-state index contributed by atoms with van der Waals surface area (Å²) in [5.74, 6) is -0.611. The zero-order valence-corrected chi connectivity index (χ0v) is 8.49. The van der Waals surface area contributed by atoms with Crippen molar-refractivity contribution in [3.05, 3.63) is 12.7 Å². The Morgan fingerprint density at radius 3 is 2.62 bits per heavy atom. The smallest absolute Gasteiger partial charge is 0.164 e. The van der Waals surface area contributed by atoms with Crippen LogP contribution in [0.1, 0.15) is 27.2 Å². The fraction of sp³-hybridized carbons (Fsp3) is 0.800. The molecular weight excluding hydrogens is 168 g/mol. The number of hydrogen-bond donors (Lipinski definition) is 1. The minimum absolute atomic E-state index is 0.204. The average molecular weight is 186 g/mol. The molecule has 3 atom stereocenters. The third kappa shape index (κ3) is 2.30. The van der Waals surface area contributed by atoms with E-state index in [1.165, 1.54) is 0 Å². The average Bonchev–Trinajstić information content (AvgIpc) is 2.39. The van der Waals surface area contributed by atoms with E-state index >= 15 is 0 Å². The van der Waals surface area contributed by atoms with Crippen molar-refractivity contribution in [3.63, 3.8) is 0 Å². The van der Waals surface area contributed by atoms with Gasteiger partial charge in [-0.25, -0.2) is 0 Å². The number of ether oxygens (including phenoxy) is 2. The summed E-state index contributed by atoms with van der Waals surface area (Å²) in [6.45, 7) is 9.25. The monoisotopic (exact) mass is 186 g/mol. The van der Waals surface area contributed by atoms with Crippen molar-refractivity contribution in [2.24, 2.45) is 0 Å². The van der Waals surface area contributed by atoms with Crippen molar-refractivity contribution < 1.29 is 14.6 Å². The fourth-order valence-corrected chi connectivity index (χ4v) is 1.53. The third-order valence-electron chi connectivity index (χ3n) is 2.19. The summed E-state index contributed by atoms with van der Waals surface area (Å²) in [7, 11) is 0. The van der Waals surface area contributed by atoms with Crippen molar-refractivity contribution in [3.8, 4) is 0 Å².